The number of ether oxygens (including phenoxy) is 5. The molecule has 0 aliphatic carbocycles. The first-order valence-corrected chi connectivity index (χ1v) is 10.7. The second kappa shape index (κ2) is 11.6. The summed E-state index contributed by atoms with van der Waals surface area (Å²) in [6.07, 6.45) is -0.336. The molecule has 3 rings (SSSR count). The zero-order chi connectivity index (χ0) is 23.8. The van der Waals surface area contributed by atoms with Crippen molar-refractivity contribution in [1.29, 1.82) is 0 Å². The van der Waals surface area contributed by atoms with E-state index in [-0.39, 0.29) is 43.2 Å². The molecule has 0 saturated carbocycles. The number of aromatic hydroxyl groups is 1. The van der Waals surface area contributed by atoms with Crippen LogP contribution in [-0.2, 0) is 19.0 Å². The molecule has 1 aliphatic rings. The average molecular weight is 459 g/mol. The molecule has 9 nitrogen and oxygen atoms in total. The van der Waals surface area contributed by atoms with Crippen molar-refractivity contribution in [2.45, 2.75) is 38.1 Å². The van der Waals surface area contributed by atoms with Gasteiger partial charge in [-0.2, -0.15) is 0 Å². The number of benzene rings is 1. The summed E-state index contributed by atoms with van der Waals surface area (Å²) in [4.78, 5) is 29.7. The van der Waals surface area contributed by atoms with Crippen LogP contribution in [0.5, 0.6) is 17.2 Å². The Morgan fingerprint density at radius 1 is 1.21 bits per heavy atom. The van der Waals surface area contributed by atoms with Gasteiger partial charge in [0.2, 0.25) is 0 Å². The largest absolute Gasteiger partial charge is 0.503 e. The quantitative estimate of drug-likeness (QED) is 0.493. The van der Waals surface area contributed by atoms with E-state index >= 15 is 0 Å². The second-order valence-corrected chi connectivity index (χ2v) is 7.71. The second-order valence-electron chi connectivity index (χ2n) is 7.71. The first-order valence-electron chi connectivity index (χ1n) is 10.7. The van der Waals surface area contributed by atoms with Gasteiger partial charge in [0, 0.05) is 32.4 Å². The Hall–Kier alpha value is -3.17. The number of hydrogen-bond acceptors (Lipinski definition) is 9. The lowest BCUT2D eigenvalue weighted by Crippen LogP contribution is -2.47. The number of methoxy groups -OCH3 is 2. The van der Waals surface area contributed by atoms with Gasteiger partial charge in [-0.1, -0.05) is 18.2 Å². The zero-order valence-electron chi connectivity index (χ0n) is 18.9. The lowest BCUT2D eigenvalue weighted by Gasteiger charge is -2.33. The van der Waals surface area contributed by atoms with Crippen LogP contribution in [-0.4, -0.2) is 67.6 Å². The summed E-state index contributed by atoms with van der Waals surface area (Å²) in [6, 6.07) is 10.6. The molecule has 0 unspecified atom stereocenters. The van der Waals surface area contributed by atoms with Crippen LogP contribution in [0.1, 0.15) is 30.3 Å². The van der Waals surface area contributed by atoms with Crippen molar-refractivity contribution in [3.05, 3.63) is 48.3 Å². The fraction of sp³-hybridized carbons (Fsp3) is 0.458. The van der Waals surface area contributed by atoms with Crippen molar-refractivity contribution in [2.24, 2.45) is 5.92 Å². The topological polar surface area (TPSA) is 113 Å². The molecule has 0 amide bonds. The van der Waals surface area contributed by atoms with Gasteiger partial charge in [-0.3, -0.25) is 9.59 Å². The number of nitrogens with zero attached hydrogens (tertiary/aromatic N) is 1. The van der Waals surface area contributed by atoms with E-state index in [2.05, 4.69) is 4.98 Å². The highest BCUT2D eigenvalue weighted by Gasteiger charge is 2.36. The Bertz CT molecular complexity index is 935. The Labute approximate surface area is 192 Å². The van der Waals surface area contributed by atoms with Gasteiger partial charge in [0.25, 0.3) is 0 Å². The average Bonchev–Trinajstić information content (AvgIpc) is 2.82. The van der Waals surface area contributed by atoms with E-state index in [1.807, 2.05) is 18.2 Å². The van der Waals surface area contributed by atoms with Crippen molar-refractivity contribution >= 4 is 11.8 Å². The molecule has 33 heavy (non-hydrogen) atoms. The van der Waals surface area contributed by atoms with Crippen molar-refractivity contribution in [1.82, 2.24) is 4.98 Å². The molecule has 0 spiro atoms. The number of carbonyl (C=O) groups is 2. The van der Waals surface area contributed by atoms with E-state index < -0.39 is 36.0 Å². The number of cyclic esters (lactones) is 1. The molecule has 9 heteroatoms. The zero-order valence-corrected chi connectivity index (χ0v) is 18.9. The normalized spacial score (nSPS) is 23.9. The highest BCUT2D eigenvalue weighted by Crippen LogP contribution is 2.30. The van der Waals surface area contributed by atoms with Gasteiger partial charge in [-0.05, 0) is 25.5 Å². The van der Waals surface area contributed by atoms with Gasteiger partial charge in [0.05, 0.1) is 19.6 Å². The van der Waals surface area contributed by atoms with Crippen LogP contribution in [0.15, 0.2) is 42.6 Å². The number of rotatable bonds is 7. The standard InChI is InChI=1S/C24H29NO8/c1-15-23(33-17-7-5-4-6-8-17)20(30-3)14-31-12-10-16(24(28)32-15)13-18(26)21-22(27)19(29-2)9-11-25-21/h4-9,11,15-16,20,23,27H,10,12-14H2,1-3H3/t15-,16+,20-,23-/m0/s1. The molecule has 1 N–H and O–H groups in total. The van der Waals surface area contributed by atoms with Crippen molar-refractivity contribution in [3.63, 3.8) is 0 Å². The molecule has 1 aliphatic heterocycles. The Morgan fingerprint density at radius 2 is 1.97 bits per heavy atom. The number of pyridine rings is 1. The van der Waals surface area contributed by atoms with E-state index in [0.717, 1.165) is 0 Å². The van der Waals surface area contributed by atoms with Crippen molar-refractivity contribution in [2.75, 3.05) is 27.4 Å². The third-order valence-corrected chi connectivity index (χ3v) is 5.48. The first kappa shape index (κ1) is 24.5. The van der Waals surface area contributed by atoms with Gasteiger partial charge in [-0.15, -0.1) is 0 Å². The van der Waals surface area contributed by atoms with Crippen molar-refractivity contribution in [3.8, 4) is 17.2 Å². The molecule has 1 aromatic carbocycles. The molecule has 0 bridgehead atoms. The number of esters is 1. The summed E-state index contributed by atoms with van der Waals surface area (Å²) in [5.41, 5.74) is -0.155. The third kappa shape index (κ3) is 6.21. The fourth-order valence-corrected chi connectivity index (χ4v) is 3.63. The maximum absolute atomic E-state index is 13.0. The van der Waals surface area contributed by atoms with Crippen LogP contribution < -0.4 is 9.47 Å². The van der Waals surface area contributed by atoms with E-state index in [0.29, 0.717) is 5.75 Å². The summed E-state index contributed by atoms with van der Waals surface area (Å²) in [7, 11) is 2.92. The molecular weight excluding hydrogens is 430 g/mol. The van der Waals surface area contributed by atoms with Gasteiger partial charge in [0.15, 0.2) is 29.1 Å². The number of ketones is 1. The number of Topliss-reactive ketones (excluding diaryl/α,β-unsaturated/α-hetero) is 1. The summed E-state index contributed by atoms with van der Waals surface area (Å²) >= 11 is 0. The predicted octanol–water partition coefficient (Wildman–Crippen LogP) is 2.80. The monoisotopic (exact) mass is 459 g/mol. The smallest absolute Gasteiger partial charge is 0.309 e. The van der Waals surface area contributed by atoms with E-state index in [9.17, 15) is 14.7 Å². The minimum absolute atomic E-state index is 0.130. The van der Waals surface area contributed by atoms with Crippen LogP contribution in [0, 0.1) is 5.92 Å². The van der Waals surface area contributed by atoms with Crippen LogP contribution in [0.4, 0.5) is 0 Å². The molecule has 1 saturated heterocycles. The minimum atomic E-state index is -0.774. The maximum atomic E-state index is 13.0. The van der Waals surface area contributed by atoms with Crippen molar-refractivity contribution < 1.29 is 38.4 Å². The molecule has 1 fully saturated rings. The molecule has 2 aromatic rings. The fourth-order valence-electron chi connectivity index (χ4n) is 3.63. The number of carbonyl (C=O) groups excluding carboxylic acids is 2. The van der Waals surface area contributed by atoms with Crippen LogP contribution in [0.3, 0.4) is 0 Å². The Morgan fingerprint density at radius 3 is 2.67 bits per heavy atom. The van der Waals surface area contributed by atoms with Gasteiger partial charge >= 0.3 is 5.97 Å². The number of para-hydroxylation sites is 1. The summed E-state index contributed by atoms with van der Waals surface area (Å²) in [5.74, 6) is -1.45. The van der Waals surface area contributed by atoms with Gasteiger partial charge < -0.3 is 28.8 Å². The minimum Gasteiger partial charge on any atom is -0.503 e. The predicted molar refractivity (Wildman–Crippen MR) is 118 cm³/mol. The van der Waals surface area contributed by atoms with E-state index in [1.54, 1.807) is 26.2 Å². The summed E-state index contributed by atoms with van der Waals surface area (Å²) < 4.78 is 28.1. The molecule has 2 heterocycles. The van der Waals surface area contributed by atoms with Crippen LogP contribution in [0.25, 0.3) is 0 Å². The molecular formula is C24H29NO8. The van der Waals surface area contributed by atoms with Gasteiger partial charge in [0.1, 0.15) is 18.0 Å². The van der Waals surface area contributed by atoms with E-state index in [4.69, 9.17) is 23.7 Å². The molecule has 178 valence electrons. The first-order chi connectivity index (χ1) is 15.9. The number of aromatic nitrogens is 1. The highest BCUT2D eigenvalue weighted by atomic mass is 16.6. The van der Waals surface area contributed by atoms with Gasteiger partial charge in [-0.25, -0.2) is 4.98 Å². The molecule has 1 aromatic heterocycles. The lowest BCUT2D eigenvalue weighted by molar-refractivity contribution is -0.168. The maximum Gasteiger partial charge on any atom is 0.309 e. The van der Waals surface area contributed by atoms with Crippen LogP contribution >= 0.6 is 0 Å². The third-order valence-electron chi connectivity index (χ3n) is 5.48. The SMILES string of the molecule is COc1ccnc(C(=O)C[C@H]2CCOC[C@H](OC)[C@@H](Oc3ccccc3)[C@H](C)OC2=O)c1O. The highest BCUT2D eigenvalue weighted by molar-refractivity contribution is 5.99. The molecule has 4 atom stereocenters. The molecule has 0 radical (unpaired) electrons. The van der Waals surface area contributed by atoms with Crippen LogP contribution in [0.2, 0.25) is 0 Å². The summed E-state index contributed by atoms with van der Waals surface area (Å²) in [5, 5.41) is 10.2. The Balaban J connectivity index is 1.75. The summed E-state index contributed by atoms with van der Waals surface area (Å²) in [6.45, 7) is 2.17. The number of hydrogen-bond donors (Lipinski definition) is 1. The lowest BCUT2D eigenvalue weighted by atomic mass is 9.96. The Kier molecular flexibility index (Phi) is 8.62. The van der Waals surface area contributed by atoms with E-state index in [1.165, 1.54) is 19.4 Å².